The predicted molar refractivity (Wildman–Crippen MR) is 78.9 cm³/mol. The van der Waals surface area contributed by atoms with Crippen molar-refractivity contribution >= 4 is 0 Å². The van der Waals surface area contributed by atoms with Crippen LogP contribution in [0.5, 0.6) is 0 Å². The van der Waals surface area contributed by atoms with Gasteiger partial charge < -0.3 is 10.2 Å². The van der Waals surface area contributed by atoms with E-state index >= 15 is 0 Å². The molecule has 1 N–H and O–H groups in total. The summed E-state index contributed by atoms with van der Waals surface area (Å²) in [5.41, 5.74) is 0. The highest BCUT2D eigenvalue weighted by Crippen LogP contribution is 2.30. The van der Waals surface area contributed by atoms with Crippen molar-refractivity contribution in [1.82, 2.24) is 10.2 Å². The van der Waals surface area contributed by atoms with E-state index < -0.39 is 0 Å². The molecular formula is C16H32N2. The van der Waals surface area contributed by atoms with Crippen LogP contribution in [0.25, 0.3) is 0 Å². The van der Waals surface area contributed by atoms with E-state index in [-0.39, 0.29) is 0 Å². The van der Waals surface area contributed by atoms with Gasteiger partial charge in [-0.25, -0.2) is 0 Å². The minimum Gasteiger partial charge on any atom is -0.310 e. The molecule has 2 nitrogen and oxygen atoms in total. The smallest absolute Gasteiger partial charge is 0.0169 e. The molecule has 1 saturated carbocycles. The second kappa shape index (κ2) is 6.91. The molecule has 1 unspecified atom stereocenters. The van der Waals surface area contributed by atoms with Crippen molar-refractivity contribution in [2.24, 2.45) is 11.8 Å². The summed E-state index contributed by atoms with van der Waals surface area (Å²) in [6, 6.07) is 1.46. The van der Waals surface area contributed by atoms with E-state index in [1.807, 2.05) is 0 Å². The molecule has 2 rings (SSSR count). The standard InChI is InChI=1S/C16H32N2/c1-13(2)15-6-8-16(9-7-15)17-14(3)12-18-10-4-5-11-18/h13-17H,4-12H2,1-3H3. The third-order valence-electron chi connectivity index (χ3n) is 4.97. The van der Waals surface area contributed by atoms with Crippen LogP contribution in [0.1, 0.15) is 59.3 Å². The molecule has 0 bridgehead atoms. The fourth-order valence-corrected chi connectivity index (χ4v) is 3.76. The SMILES string of the molecule is CC(CN1CCCC1)NC1CCC(C(C)C)CC1. The number of nitrogens with one attached hydrogen (secondary N) is 1. The molecule has 1 saturated heterocycles. The van der Waals surface area contributed by atoms with Gasteiger partial charge in [0.05, 0.1) is 0 Å². The van der Waals surface area contributed by atoms with Gasteiger partial charge in [-0.2, -0.15) is 0 Å². The molecule has 1 aliphatic heterocycles. The summed E-state index contributed by atoms with van der Waals surface area (Å²) in [6.45, 7) is 11.0. The number of hydrogen-bond acceptors (Lipinski definition) is 2. The molecule has 0 aromatic heterocycles. The first-order valence-corrected chi connectivity index (χ1v) is 8.13. The molecule has 0 aromatic carbocycles. The first kappa shape index (κ1) is 14.3. The quantitative estimate of drug-likeness (QED) is 0.808. The number of rotatable bonds is 5. The molecule has 1 aliphatic carbocycles. The Morgan fingerprint density at radius 1 is 1.00 bits per heavy atom. The van der Waals surface area contributed by atoms with Crippen LogP contribution in [-0.4, -0.2) is 36.6 Å². The van der Waals surface area contributed by atoms with Crippen molar-refractivity contribution in [3.63, 3.8) is 0 Å². The number of likely N-dealkylation sites (tertiary alicyclic amines) is 1. The summed E-state index contributed by atoms with van der Waals surface area (Å²) in [5, 5.41) is 3.86. The summed E-state index contributed by atoms with van der Waals surface area (Å²) < 4.78 is 0. The van der Waals surface area contributed by atoms with Crippen LogP contribution in [0, 0.1) is 11.8 Å². The monoisotopic (exact) mass is 252 g/mol. The third kappa shape index (κ3) is 4.24. The fourth-order valence-electron chi connectivity index (χ4n) is 3.76. The Hall–Kier alpha value is -0.0800. The van der Waals surface area contributed by atoms with E-state index in [1.54, 1.807) is 0 Å². The molecule has 1 heterocycles. The van der Waals surface area contributed by atoms with E-state index in [9.17, 15) is 0 Å². The molecule has 18 heavy (non-hydrogen) atoms. The van der Waals surface area contributed by atoms with Gasteiger partial charge in [-0.05, 0) is 70.4 Å². The lowest BCUT2D eigenvalue weighted by molar-refractivity contribution is 0.215. The van der Waals surface area contributed by atoms with Gasteiger partial charge in [0.2, 0.25) is 0 Å². The Morgan fingerprint density at radius 3 is 2.17 bits per heavy atom. The van der Waals surface area contributed by atoms with Crippen molar-refractivity contribution < 1.29 is 0 Å². The fraction of sp³-hybridized carbons (Fsp3) is 1.00. The molecular weight excluding hydrogens is 220 g/mol. The van der Waals surface area contributed by atoms with Crippen LogP contribution in [0.3, 0.4) is 0 Å². The highest BCUT2D eigenvalue weighted by atomic mass is 15.2. The van der Waals surface area contributed by atoms with Crippen LogP contribution in [0.4, 0.5) is 0 Å². The van der Waals surface area contributed by atoms with Gasteiger partial charge in [0.15, 0.2) is 0 Å². The highest BCUT2D eigenvalue weighted by Gasteiger charge is 2.24. The molecule has 2 aliphatic rings. The Bertz CT molecular complexity index is 225. The minimum absolute atomic E-state index is 0.670. The first-order valence-electron chi connectivity index (χ1n) is 8.13. The van der Waals surface area contributed by atoms with Gasteiger partial charge in [0.1, 0.15) is 0 Å². The Morgan fingerprint density at radius 2 is 1.61 bits per heavy atom. The van der Waals surface area contributed by atoms with Crippen LogP contribution >= 0.6 is 0 Å². The Kier molecular flexibility index (Phi) is 5.50. The van der Waals surface area contributed by atoms with Crippen LogP contribution in [-0.2, 0) is 0 Å². The van der Waals surface area contributed by atoms with Gasteiger partial charge in [-0.15, -0.1) is 0 Å². The van der Waals surface area contributed by atoms with Crippen LogP contribution in [0.2, 0.25) is 0 Å². The summed E-state index contributed by atoms with van der Waals surface area (Å²) in [4.78, 5) is 2.62. The number of hydrogen-bond donors (Lipinski definition) is 1. The van der Waals surface area contributed by atoms with E-state index in [1.165, 1.54) is 58.2 Å². The van der Waals surface area contributed by atoms with Crippen molar-refractivity contribution in [3.05, 3.63) is 0 Å². The van der Waals surface area contributed by atoms with Crippen molar-refractivity contribution in [2.75, 3.05) is 19.6 Å². The average Bonchev–Trinajstić information content (AvgIpc) is 2.82. The summed E-state index contributed by atoms with van der Waals surface area (Å²) in [7, 11) is 0. The molecule has 1 atom stereocenters. The lowest BCUT2D eigenvalue weighted by atomic mass is 9.79. The molecule has 2 fully saturated rings. The second-order valence-electron chi connectivity index (χ2n) is 6.93. The van der Waals surface area contributed by atoms with Gasteiger partial charge >= 0.3 is 0 Å². The summed E-state index contributed by atoms with van der Waals surface area (Å²) >= 11 is 0. The van der Waals surface area contributed by atoms with Crippen molar-refractivity contribution in [1.29, 1.82) is 0 Å². The molecule has 0 aromatic rings. The average molecular weight is 252 g/mol. The van der Waals surface area contributed by atoms with E-state index in [4.69, 9.17) is 0 Å². The predicted octanol–water partition coefficient (Wildman–Crippen LogP) is 3.28. The zero-order valence-corrected chi connectivity index (χ0v) is 12.6. The highest BCUT2D eigenvalue weighted by molar-refractivity contribution is 4.82. The maximum absolute atomic E-state index is 3.86. The Labute approximate surface area is 114 Å². The topological polar surface area (TPSA) is 15.3 Å². The largest absolute Gasteiger partial charge is 0.310 e. The van der Waals surface area contributed by atoms with E-state index in [2.05, 4.69) is 31.0 Å². The molecule has 2 heteroatoms. The first-order chi connectivity index (χ1) is 8.65. The second-order valence-corrected chi connectivity index (χ2v) is 6.93. The maximum Gasteiger partial charge on any atom is 0.0169 e. The summed E-state index contributed by atoms with van der Waals surface area (Å²) in [5.74, 6) is 1.87. The summed E-state index contributed by atoms with van der Waals surface area (Å²) in [6.07, 6.45) is 8.48. The van der Waals surface area contributed by atoms with Crippen LogP contribution < -0.4 is 5.32 Å². The normalized spacial score (nSPS) is 32.0. The van der Waals surface area contributed by atoms with Gasteiger partial charge in [-0.3, -0.25) is 0 Å². The zero-order chi connectivity index (χ0) is 13.0. The molecule has 0 radical (unpaired) electrons. The van der Waals surface area contributed by atoms with E-state index in [0.29, 0.717) is 6.04 Å². The van der Waals surface area contributed by atoms with Gasteiger partial charge in [-0.1, -0.05) is 13.8 Å². The Balaban J connectivity index is 1.64. The maximum atomic E-state index is 3.86. The lowest BCUT2D eigenvalue weighted by Crippen LogP contribution is -2.44. The molecule has 0 spiro atoms. The minimum atomic E-state index is 0.670. The third-order valence-corrected chi connectivity index (χ3v) is 4.97. The van der Waals surface area contributed by atoms with Crippen molar-refractivity contribution in [3.8, 4) is 0 Å². The zero-order valence-electron chi connectivity index (χ0n) is 12.6. The van der Waals surface area contributed by atoms with Crippen molar-refractivity contribution in [2.45, 2.75) is 71.4 Å². The lowest BCUT2D eigenvalue weighted by Gasteiger charge is -2.34. The van der Waals surface area contributed by atoms with Crippen LogP contribution in [0.15, 0.2) is 0 Å². The molecule has 106 valence electrons. The molecule has 0 amide bonds. The van der Waals surface area contributed by atoms with Gasteiger partial charge in [0, 0.05) is 18.6 Å². The number of nitrogens with zero attached hydrogens (tertiary/aromatic N) is 1. The van der Waals surface area contributed by atoms with E-state index in [0.717, 1.165) is 17.9 Å². The van der Waals surface area contributed by atoms with Gasteiger partial charge in [0.25, 0.3) is 0 Å².